The molecule has 21 heavy (non-hydrogen) atoms. The van der Waals surface area contributed by atoms with E-state index in [2.05, 4.69) is 10.6 Å². The maximum Gasteiger partial charge on any atom is 0.407 e. The van der Waals surface area contributed by atoms with Crippen molar-refractivity contribution in [2.75, 3.05) is 6.54 Å². The summed E-state index contributed by atoms with van der Waals surface area (Å²) in [5.41, 5.74) is 0.591. The van der Waals surface area contributed by atoms with Gasteiger partial charge in [-0.3, -0.25) is 0 Å². The second-order valence-corrected chi connectivity index (χ2v) is 6.27. The van der Waals surface area contributed by atoms with Crippen LogP contribution in [0.5, 0.6) is 5.75 Å². The number of amides is 1. The molecule has 0 aromatic heterocycles. The minimum absolute atomic E-state index is 0.0422. The standard InChI is InChI=1S/C16H26N2O3/c1-11(18-15(20)21-16(3,4)5)10-17-12(2)13-6-8-14(19)9-7-13/h6-9,11-12,17,19H,10H2,1-5H3,(H,18,20). The molecule has 0 aliphatic rings. The third-order valence-corrected chi connectivity index (χ3v) is 2.89. The van der Waals surface area contributed by atoms with Crippen molar-refractivity contribution in [3.63, 3.8) is 0 Å². The molecule has 0 aliphatic carbocycles. The summed E-state index contributed by atoms with van der Waals surface area (Å²) in [6, 6.07) is 7.16. The molecule has 1 amide bonds. The van der Waals surface area contributed by atoms with Crippen molar-refractivity contribution in [1.82, 2.24) is 10.6 Å². The number of hydrogen-bond acceptors (Lipinski definition) is 4. The third-order valence-electron chi connectivity index (χ3n) is 2.89. The Hall–Kier alpha value is -1.75. The van der Waals surface area contributed by atoms with Crippen LogP contribution < -0.4 is 10.6 Å². The molecule has 0 bridgehead atoms. The van der Waals surface area contributed by atoms with Crippen LogP contribution in [0.2, 0.25) is 0 Å². The number of ether oxygens (including phenoxy) is 1. The first kappa shape index (κ1) is 17.3. The van der Waals surface area contributed by atoms with Gasteiger partial charge in [0.05, 0.1) is 0 Å². The van der Waals surface area contributed by atoms with E-state index in [1.807, 2.05) is 46.8 Å². The van der Waals surface area contributed by atoms with E-state index in [-0.39, 0.29) is 17.8 Å². The number of benzene rings is 1. The molecule has 0 fully saturated rings. The molecule has 118 valence electrons. The van der Waals surface area contributed by atoms with Crippen LogP contribution in [0.25, 0.3) is 0 Å². The number of aromatic hydroxyl groups is 1. The zero-order valence-electron chi connectivity index (χ0n) is 13.4. The number of phenolic OH excluding ortho intramolecular Hbond substituents is 1. The van der Waals surface area contributed by atoms with Crippen molar-refractivity contribution in [2.45, 2.75) is 52.3 Å². The number of phenols is 1. The highest BCUT2D eigenvalue weighted by Gasteiger charge is 2.17. The first-order chi connectivity index (χ1) is 9.67. The number of carbonyl (C=O) groups is 1. The lowest BCUT2D eigenvalue weighted by Gasteiger charge is -2.23. The van der Waals surface area contributed by atoms with Crippen molar-refractivity contribution in [2.24, 2.45) is 0 Å². The largest absolute Gasteiger partial charge is 0.508 e. The van der Waals surface area contributed by atoms with Gasteiger partial charge in [0.2, 0.25) is 0 Å². The molecule has 0 spiro atoms. The number of carbonyl (C=O) groups excluding carboxylic acids is 1. The zero-order valence-corrected chi connectivity index (χ0v) is 13.4. The third kappa shape index (κ3) is 6.99. The molecule has 1 aromatic carbocycles. The Morgan fingerprint density at radius 2 is 1.81 bits per heavy atom. The molecule has 5 heteroatoms. The molecule has 0 saturated carbocycles. The highest BCUT2D eigenvalue weighted by atomic mass is 16.6. The van der Waals surface area contributed by atoms with Crippen LogP contribution in [0, 0.1) is 0 Å². The average Bonchev–Trinajstić information content (AvgIpc) is 2.34. The van der Waals surface area contributed by atoms with E-state index in [0.29, 0.717) is 6.54 Å². The smallest absolute Gasteiger partial charge is 0.407 e. The van der Waals surface area contributed by atoms with Crippen molar-refractivity contribution in [3.8, 4) is 5.75 Å². The molecular weight excluding hydrogens is 268 g/mol. The minimum Gasteiger partial charge on any atom is -0.508 e. The summed E-state index contributed by atoms with van der Waals surface area (Å²) < 4.78 is 5.21. The summed E-state index contributed by atoms with van der Waals surface area (Å²) in [5, 5.41) is 15.4. The van der Waals surface area contributed by atoms with Gasteiger partial charge in [-0.05, 0) is 52.3 Å². The predicted octanol–water partition coefficient (Wildman–Crippen LogP) is 2.96. The highest BCUT2D eigenvalue weighted by molar-refractivity contribution is 5.68. The lowest BCUT2D eigenvalue weighted by atomic mass is 10.1. The first-order valence-corrected chi connectivity index (χ1v) is 7.19. The molecule has 1 rings (SSSR count). The van der Waals surface area contributed by atoms with Crippen LogP contribution >= 0.6 is 0 Å². The number of nitrogens with one attached hydrogen (secondary N) is 2. The van der Waals surface area contributed by atoms with Gasteiger partial charge in [-0.25, -0.2) is 4.79 Å². The molecule has 0 radical (unpaired) electrons. The van der Waals surface area contributed by atoms with Gasteiger partial charge >= 0.3 is 6.09 Å². The summed E-state index contributed by atoms with van der Waals surface area (Å²) in [6.07, 6.45) is -0.408. The maximum absolute atomic E-state index is 11.6. The summed E-state index contributed by atoms with van der Waals surface area (Å²) in [6.45, 7) is 10.1. The Labute approximate surface area is 126 Å². The van der Waals surface area contributed by atoms with Gasteiger partial charge in [0.1, 0.15) is 11.4 Å². The van der Waals surface area contributed by atoms with Crippen molar-refractivity contribution >= 4 is 6.09 Å². The molecule has 0 heterocycles. The van der Waals surface area contributed by atoms with Gasteiger partial charge in [0.15, 0.2) is 0 Å². The van der Waals surface area contributed by atoms with Crippen LogP contribution in [-0.2, 0) is 4.74 Å². The molecular formula is C16H26N2O3. The second kappa shape index (κ2) is 7.31. The van der Waals surface area contributed by atoms with Gasteiger partial charge in [0, 0.05) is 18.6 Å². The van der Waals surface area contributed by atoms with Crippen LogP contribution in [0.15, 0.2) is 24.3 Å². The van der Waals surface area contributed by atoms with Gasteiger partial charge in [-0.15, -0.1) is 0 Å². The molecule has 5 nitrogen and oxygen atoms in total. The van der Waals surface area contributed by atoms with E-state index in [4.69, 9.17) is 4.74 Å². The Bertz CT molecular complexity index is 452. The van der Waals surface area contributed by atoms with Gasteiger partial charge in [-0.2, -0.15) is 0 Å². The van der Waals surface area contributed by atoms with E-state index in [1.165, 1.54) is 0 Å². The zero-order chi connectivity index (χ0) is 16.0. The first-order valence-electron chi connectivity index (χ1n) is 7.19. The summed E-state index contributed by atoms with van der Waals surface area (Å²) in [4.78, 5) is 11.6. The molecule has 1 aromatic rings. The fourth-order valence-corrected chi connectivity index (χ4v) is 1.79. The monoisotopic (exact) mass is 294 g/mol. The van der Waals surface area contributed by atoms with Gasteiger partial charge in [0.25, 0.3) is 0 Å². The maximum atomic E-state index is 11.6. The molecule has 3 N–H and O–H groups in total. The average molecular weight is 294 g/mol. The Morgan fingerprint density at radius 1 is 1.24 bits per heavy atom. The van der Waals surface area contributed by atoms with Crippen LogP contribution in [0.3, 0.4) is 0 Å². The summed E-state index contributed by atoms with van der Waals surface area (Å²) >= 11 is 0. The normalized spacial score (nSPS) is 14.3. The number of rotatable bonds is 5. The van der Waals surface area contributed by atoms with E-state index < -0.39 is 11.7 Å². The number of hydrogen-bond donors (Lipinski definition) is 3. The van der Waals surface area contributed by atoms with Crippen LogP contribution in [0.4, 0.5) is 4.79 Å². The Morgan fingerprint density at radius 3 is 2.33 bits per heavy atom. The Balaban J connectivity index is 2.37. The van der Waals surface area contributed by atoms with Crippen molar-refractivity contribution < 1.29 is 14.6 Å². The summed E-state index contributed by atoms with van der Waals surface area (Å²) in [5.74, 6) is 0.255. The second-order valence-electron chi connectivity index (χ2n) is 6.27. The van der Waals surface area contributed by atoms with E-state index in [1.54, 1.807) is 12.1 Å². The van der Waals surface area contributed by atoms with E-state index in [0.717, 1.165) is 5.56 Å². The lowest BCUT2D eigenvalue weighted by molar-refractivity contribution is 0.0507. The Kier molecular flexibility index (Phi) is 6.03. The number of alkyl carbamates (subject to hydrolysis) is 1. The quantitative estimate of drug-likeness (QED) is 0.781. The van der Waals surface area contributed by atoms with E-state index in [9.17, 15) is 9.90 Å². The molecule has 0 aliphatic heterocycles. The van der Waals surface area contributed by atoms with Gasteiger partial charge in [-0.1, -0.05) is 12.1 Å². The predicted molar refractivity (Wildman–Crippen MR) is 83.4 cm³/mol. The summed E-state index contributed by atoms with van der Waals surface area (Å²) in [7, 11) is 0. The minimum atomic E-state index is -0.490. The van der Waals surface area contributed by atoms with E-state index >= 15 is 0 Å². The molecule has 2 unspecified atom stereocenters. The highest BCUT2D eigenvalue weighted by Crippen LogP contribution is 2.16. The van der Waals surface area contributed by atoms with Crippen LogP contribution in [0.1, 0.15) is 46.2 Å². The molecule has 2 atom stereocenters. The van der Waals surface area contributed by atoms with Crippen LogP contribution in [-0.4, -0.2) is 29.4 Å². The fraction of sp³-hybridized carbons (Fsp3) is 0.562. The van der Waals surface area contributed by atoms with Crippen molar-refractivity contribution in [3.05, 3.63) is 29.8 Å². The fourth-order valence-electron chi connectivity index (χ4n) is 1.79. The van der Waals surface area contributed by atoms with Gasteiger partial charge < -0.3 is 20.5 Å². The molecule has 0 saturated heterocycles. The topological polar surface area (TPSA) is 70.6 Å². The lowest BCUT2D eigenvalue weighted by Crippen LogP contribution is -2.43. The van der Waals surface area contributed by atoms with Crippen molar-refractivity contribution in [1.29, 1.82) is 0 Å². The SMILES string of the molecule is CC(CNC(C)c1ccc(O)cc1)NC(=O)OC(C)(C)C.